The summed E-state index contributed by atoms with van der Waals surface area (Å²) >= 11 is 0. The number of aryl methyl sites for hydroxylation is 3. The number of benzene rings is 2. The number of hydrogen-bond donors (Lipinski definition) is 1. The molecular weight excluding hydrogens is 376 g/mol. The van der Waals surface area contributed by atoms with Crippen molar-refractivity contribution < 1.29 is 14.7 Å². The van der Waals surface area contributed by atoms with Gasteiger partial charge in [-0.1, -0.05) is 43.3 Å². The standard InChI is InChI=1S/C25H30N2O3/c1-6-18-8-11-19(12-9-18)22-21(23(28)20-10-7-16(2)17(3)15-20)24(29)25(30)27(22)14-13-26(4)5/h7-12,15,22,28H,6,13-14H2,1-5H3/b23-21-. The van der Waals surface area contributed by atoms with Crippen LogP contribution in [-0.2, 0) is 16.0 Å². The van der Waals surface area contributed by atoms with Gasteiger partial charge in [0.1, 0.15) is 5.76 Å². The summed E-state index contributed by atoms with van der Waals surface area (Å²) in [5, 5.41) is 11.1. The molecule has 0 spiro atoms. The van der Waals surface area contributed by atoms with Gasteiger partial charge in [-0.25, -0.2) is 0 Å². The van der Waals surface area contributed by atoms with Crippen LogP contribution in [0, 0.1) is 13.8 Å². The lowest BCUT2D eigenvalue weighted by molar-refractivity contribution is -0.140. The number of carbonyl (C=O) groups excluding carboxylic acids is 2. The molecule has 0 aliphatic carbocycles. The van der Waals surface area contributed by atoms with Gasteiger partial charge in [-0.2, -0.15) is 0 Å². The SMILES string of the molecule is CCc1ccc(C2/C(=C(/O)c3ccc(C)c(C)c3)C(=O)C(=O)N2CCN(C)C)cc1. The molecule has 1 aliphatic rings. The highest BCUT2D eigenvalue weighted by Crippen LogP contribution is 2.39. The van der Waals surface area contributed by atoms with Crippen LogP contribution in [0.4, 0.5) is 0 Å². The molecule has 1 atom stereocenters. The number of carbonyl (C=O) groups is 2. The molecule has 1 N–H and O–H groups in total. The van der Waals surface area contributed by atoms with Gasteiger partial charge in [-0.15, -0.1) is 0 Å². The molecule has 0 radical (unpaired) electrons. The van der Waals surface area contributed by atoms with Gasteiger partial charge in [-0.3, -0.25) is 9.59 Å². The van der Waals surface area contributed by atoms with Crippen LogP contribution < -0.4 is 0 Å². The van der Waals surface area contributed by atoms with Crippen LogP contribution in [0.25, 0.3) is 5.76 Å². The lowest BCUT2D eigenvalue weighted by Gasteiger charge is -2.26. The maximum absolute atomic E-state index is 13.0. The van der Waals surface area contributed by atoms with Crippen LogP contribution in [0.1, 0.15) is 40.8 Å². The minimum Gasteiger partial charge on any atom is -0.507 e. The minimum atomic E-state index is -0.631. The van der Waals surface area contributed by atoms with Crippen molar-refractivity contribution in [2.45, 2.75) is 33.2 Å². The van der Waals surface area contributed by atoms with E-state index < -0.39 is 17.7 Å². The molecule has 0 aromatic heterocycles. The Kier molecular flexibility index (Phi) is 6.42. The molecule has 1 amide bonds. The first-order valence-electron chi connectivity index (χ1n) is 10.3. The molecule has 1 fully saturated rings. The highest BCUT2D eigenvalue weighted by atomic mass is 16.3. The Bertz CT molecular complexity index is 990. The number of likely N-dealkylation sites (N-methyl/N-ethyl adjacent to an activating group) is 1. The molecule has 0 saturated carbocycles. The third-order valence-electron chi connectivity index (χ3n) is 5.81. The van der Waals surface area contributed by atoms with Gasteiger partial charge in [0.05, 0.1) is 11.6 Å². The van der Waals surface area contributed by atoms with Crippen molar-refractivity contribution in [2.75, 3.05) is 27.2 Å². The summed E-state index contributed by atoms with van der Waals surface area (Å²) in [6, 6.07) is 12.9. The number of Topliss-reactive ketones (excluding diaryl/α,β-unsaturated/α-hetero) is 1. The summed E-state index contributed by atoms with van der Waals surface area (Å²) in [5.74, 6) is -1.31. The minimum absolute atomic E-state index is 0.117. The summed E-state index contributed by atoms with van der Waals surface area (Å²) in [4.78, 5) is 29.5. The first-order chi connectivity index (χ1) is 14.2. The van der Waals surface area contributed by atoms with Crippen LogP contribution >= 0.6 is 0 Å². The fraction of sp³-hybridized carbons (Fsp3) is 0.360. The van der Waals surface area contributed by atoms with E-state index in [0.717, 1.165) is 23.1 Å². The number of ketones is 1. The monoisotopic (exact) mass is 406 g/mol. The number of hydrogen-bond acceptors (Lipinski definition) is 4. The van der Waals surface area contributed by atoms with E-state index in [1.165, 1.54) is 5.56 Å². The summed E-state index contributed by atoms with van der Waals surface area (Å²) < 4.78 is 0. The smallest absolute Gasteiger partial charge is 0.295 e. The van der Waals surface area contributed by atoms with Crippen LogP contribution in [0.3, 0.4) is 0 Å². The fourth-order valence-electron chi connectivity index (χ4n) is 3.74. The third kappa shape index (κ3) is 4.17. The summed E-state index contributed by atoms with van der Waals surface area (Å²) in [7, 11) is 3.85. The molecule has 0 bridgehead atoms. The number of nitrogens with zero attached hydrogens (tertiary/aromatic N) is 2. The first-order valence-corrected chi connectivity index (χ1v) is 10.3. The van der Waals surface area contributed by atoms with Crippen molar-refractivity contribution in [1.82, 2.24) is 9.80 Å². The zero-order valence-corrected chi connectivity index (χ0v) is 18.4. The van der Waals surface area contributed by atoms with E-state index in [2.05, 4.69) is 6.92 Å². The summed E-state index contributed by atoms with van der Waals surface area (Å²) in [6.45, 7) is 7.07. The molecule has 3 rings (SSSR count). The molecule has 5 nitrogen and oxygen atoms in total. The van der Waals surface area contributed by atoms with Crippen molar-refractivity contribution in [1.29, 1.82) is 0 Å². The number of rotatable bonds is 6. The molecule has 1 unspecified atom stereocenters. The van der Waals surface area contributed by atoms with E-state index in [9.17, 15) is 14.7 Å². The van der Waals surface area contributed by atoms with E-state index in [4.69, 9.17) is 0 Å². The van der Waals surface area contributed by atoms with Crippen molar-refractivity contribution in [2.24, 2.45) is 0 Å². The Morgan fingerprint density at radius 1 is 1.03 bits per heavy atom. The molecule has 30 heavy (non-hydrogen) atoms. The zero-order valence-electron chi connectivity index (χ0n) is 18.4. The zero-order chi connectivity index (χ0) is 22.0. The quantitative estimate of drug-likeness (QED) is 0.450. The highest BCUT2D eigenvalue weighted by Gasteiger charge is 2.45. The lowest BCUT2D eigenvalue weighted by atomic mass is 9.93. The Labute approximate surface area is 178 Å². The molecule has 1 heterocycles. The maximum atomic E-state index is 13.0. The molecule has 2 aromatic rings. The molecule has 158 valence electrons. The molecular formula is C25H30N2O3. The molecule has 5 heteroatoms. The Hall–Kier alpha value is -2.92. The molecule has 1 aliphatic heterocycles. The Morgan fingerprint density at radius 2 is 1.70 bits per heavy atom. The maximum Gasteiger partial charge on any atom is 0.295 e. The van der Waals surface area contributed by atoms with Crippen LogP contribution in [0.15, 0.2) is 48.0 Å². The highest BCUT2D eigenvalue weighted by molar-refractivity contribution is 6.46. The van der Waals surface area contributed by atoms with Gasteiger partial charge < -0.3 is 14.9 Å². The fourth-order valence-corrected chi connectivity index (χ4v) is 3.74. The summed E-state index contributed by atoms with van der Waals surface area (Å²) in [6.07, 6.45) is 0.906. The number of aliphatic hydroxyl groups is 1. The van der Waals surface area contributed by atoms with E-state index in [0.29, 0.717) is 18.7 Å². The van der Waals surface area contributed by atoms with Crippen molar-refractivity contribution in [3.05, 3.63) is 75.9 Å². The number of likely N-dealkylation sites (tertiary alicyclic amines) is 1. The van der Waals surface area contributed by atoms with Crippen LogP contribution in [-0.4, -0.2) is 53.8 Å². The van der Waals surface area contributed by atoms with E-state index in [1.807, 2.05) is 69.2 Å². The Balaban J connectivity index is 2.14. The second kappa shape index (κ2) is 8.84. The molecule has 1 saturated heterocycles. The summed E-state index contributed by atoms with van der Waals surface area (Å²) in [5.41, 5.74) is 4.84. The van der Waals surface area contributed by atoms with Crippen LogP contribution in [0.5, 0.6) is 0 Å². The van der Waals surface area contributed by atoms with E-state index in [-0.39, 0.29) is 11.3 Å². The van der Waals surface area contributed by atoms with E-state index >= 15 is 0 Å². The van der Waals surface area contributed by atoms with Gasteiger partial charge >= 0.3 is 0 Å². The van der Waals surface area contributed by atoms with Gasteiger partial charge in [0.25, 0.3) is 11.7 Å². The third-order valence-corrected chi connectivity index (χ3v) is 5.81. The second-order valence-electron chi connectivity index (χ2n) is 8.19. The van der Waals surface area contributed by atoms with Crippen LogP contribution in [0.2, 0.25) is 0 Å². The predicted octanol–water partition coefficient (Wildman–Crippen LogP) is 3.85. The predicted molar refractivity (Wildman–Crippen MR) is 119 cm³/mol. The van der Waals surface area contributed by atoms with Crippen molar-refractivity contribution in [3.8, 4) is 0 Å². The first kappa shape index (κ1) is 21.8. The van der Waals surface area contributed by atoms with Gasteiger partial charge in [0.2, 0.25) is 0 Å². The average molecular weight is 407 g/mol. The average Bonchev–Trinajstić information content (AvgIpc) is 2.98. The number of amides is 1. The van der Waals surface area contributed by atoms with Gasteiger partial charge in [0.15, 0.2) is 0 Å². The Morgan fingerprint density at radius 3 is 2.27 bits per heavy atom. The topological polar surface area (TPSA) is 60.9 Å². The largest absolute Gasteiger partial charge is 0.507 e. The van der Waals surface area contributed by atoms with Gasteiger partial charge in [0, 0.05) is 18.7 Å². The van der Waals surface area contributed by atoms with Crippen molar-refractivity contribution in [3.63, 3.8) is 0 Å². The van der Waals surface area contributed by atoms with Crippen molar-refractivity contribution >= 4 is 17.4 Å². The molecule has 2 aromatic carbocycles. The second-order valence-corrected chi connectivity index (χ2v) is 8.19. The van der Waals surface area contributed by atoms with E-state index in [1.54, 1.807) is 11.0 Å². The number of aliphatic hydroxyl groups excluding tert-OH is 1. The lowest BCUT2D eigenvalue weighted by Crippen LogP contribution is -2.35. The van der Waals surface area contributed by atoms with Gasteiger partial charge in [-0.05, 0) is 62.7 Å². The normalized spacial score (nSPS) is 18.5.